The molecule has 2 rings (SSSR count). The maximum Gasteiger partial charge on any atom is 0.204 e. The summed E-state index contributed by atoms with van der Waals surface area (Å²) in [5, 5.41) is 0. The minimum Gasteiger partial charge on any atom is -0.372 e. The number of benzene rings is 1. The van der Waals surface area contributed by atoms with Crippen molar-refractivity contribution in [1.29, 1.82) is 0 Å². The van der Waals surface area contributed by atoms with E-state index in [1.807, 2.05) is 0 Å². The second kappa shape index (κ2) is 8.95. The van der Waals surface area contributed by atoms with Crippen molar-refractivity contribution in [2.24, 2.45) is 5.73 Å². The highest BCUT2D eigenvalue weighted by Gasteiger charge is 2.23. The molecule has 1 heterocycles. The zero-order valence-electron chi connectivity index (χ0n) is 11.1. The Hall–Kier alpha value is -1.06. The molecule has 1 aromatic carbocycles. The van der Waals surface area contributed by atoms with Gasteiger partial charge in [0.1, 0.15) is 0 Å². The molecule has 1 fully saturated rings. The fourth-order valence-corrected chi connectivity index (χ4v) is 2.32. The summed E-state index contributed by atoms with van der Waals surface area (Å²) in [4.78, 5) is 11.0. The predicted molar refractivity (Wildman–Crippen MR) is 78.0 cm³/mol. The van der Waals surface area contributed by atoms with Gasteiger partial charge in [0.25, 0.3) is 0 Å². The molecule has 0 aliphatic carbocycles. The van der Waals surface area contributed by atoms with Crippen molar-refractivity contribution < 1.29 is 4.79 Å². The molecule has 2 N–H and O–H groups in total. The van der Waals surface area contributed by atoms with Gasteiger partial charge in [0, 0.05) is 6.04 Å². The van der Waals surface area contributed by atoms with E-state index in [-0.39, 0.29) is 18.8 Å². The molecule has 4 heteroatoms. The van der Waals surface area contributed by atoms with Gasteiger partial charge in [-0.25, -0.2) is 0 Å². The largest absolute Gasteiger partial charge is 0.372 e. The molecule has 1 amide bonds. The minimum atomic E-state index is 0. The Morgan fingerprint density at radius 2 is 1.89 bits per heavy atom. The normalized spacial score (nSPS) is 23.2. The highest BCUT2D eigenvalue weighted by Crippen LogP contribution is 2.30. The molecule has 102 valence electrons. The lowest BCUT2D eigenvalue weighted by Crippen LogP contribution is -2.36. The van der Waals surface area contributed by atoms with Crippen molar-refractivity contribution in [2.75, 3.05) is 13.6 Å². The van der Waals surface area contributed by atoms with Gasteiger partial charge >= 0.3 is 0 Å². The standard InChI is InChI=1S/C13H19N.CH3NO.ClH/c1-11-10-13(8-9-14(11)2)12-6-4-3-5-7-12;2-1-3;/h3-7,11,13H,8-10H2,1-2H3;1H,(H2,2,3);1H. The molecule has 0 spiro atoms. The van der Waals surface area contributed by atoms with Crippen LogP contribution in [0.1, 0.15) is 31.2 Å². The minimum absolute atomic E-state index is 0. The third-order valence-corrected chi connectivity index (χ3v) is 3.48. The van der Waals surface area contributed by atoms with Crippen LogP contribution in [-0.2, 0) is 4.79 Å². The van der Waals surface area contributed by atoms with Crippen molar-refractivity contribution in [1.82, 2.24) is 4.90 Å². The number of carbonyl (C=O) groups excluding carboxylic acids is 1. The van der Waals surface area contributed by atoms with E-state index < -0.39 is 0 Å². The summed E-state index contributed by atoms with van der Waals surface area (Å²) in [7, 11) is 2.23. The van der Waals surface area contributed by atoms with E-state index in [0.29, 0.717) is 0 Å². The van der Waals surface area contributed by atoms with Gasteiger partial charge in [-0.2, -0.15) is 0 Å². The van der Waals surface area contributed by atoms with E-state index in [4.69, 9.17) is 4.79 Å². The van der Waals surface area contributed by atoms with Crippen LogP contribution in [0, 0.1) is 0 Å². The van der Waals surface area contributed by atoms with E-state index in [2.05, 4.69) is 54.9 Å². The van der Waals surface area contributed by atoms with Gasteiger partial charge in [0.05, 0.1) is 0 Å². The third-order valence-electron chi connectivity index (χ3n) is 3.48. The molecule has 18 heavy (non-hydrogen) atoms. The fourth-order valence-electron chi connectivity index (χ4n) is 2.32. The number of nitrogens with two attached hydrogens (primary N) is 1. The molecule has 2 unspecified atom stereocenters. The molecule has 0 radical (unpaired) electrons. The van der Waals surface area contributed by atoms with Gasteiger partial charge < -0.3 is 10.6 Å². The zero-order chi connectivity index (χ0) is 12.7. The average Bonchev–Trinajstić information content (AvgIpc) is 2.35. The molecule has 1 aromatic rings. The predicted octanol–water partition coefficient (Wildman–Crippen LogP) is 2.41. The van der Waals surface area contributed by atoms with Crippen LogP contribution in [0.15, 0.2) is 30.3 Å². The SMILES string of the molecule is CC1CC(c2ccccc2)CCN1C.Cl.NC=O. The monoisotopic (exact) mass is 270 g/mol. The number of rotatable bonds is 1. The first-order valence-corrected chi connectivity index (χ1v) is 6.09. The Labute approximate surface area is 116 Å². The van der Waals surface area contributed by atoms with Crippen LogP contribution in [-0.4, -0.2) is 30.9 Å². The molecule has 0 aromatic heterocycles. The molecule has 3 nitrogen and oxygen atoms in total. The second-order valence-corrected chi connectivity index (χ2v) is 4.60. The van der Waals surface area contributed by atoms with Gasteiger partial charge in [0.15, 0.2) is 0 Å². The number of hydrogen-bond donors (Lipinski definition) is 1. The lowest BCUT2D eigenvalue weighted by molar-refractivity contribution is -0.106. The Balaban J connectivity index is 0.000000660. The molecular formula is C14H23ClN2O. The Morgan fingerprint density at radius 1 is 1.33 bits per heavy atom. The van der Waals surface area contributed by atoms with Crippen molar-refractivity contribution in [3.8, 4) is 0 Å². The van der Waals surface area contributed by atoms with E-state index in [9.17, 15) is 0 Å². The average molecular weight is 271 g/mol. The zero-order valence-corrected chi connectivity index (χ0v) is 11.9. The lowest BCUT2D eigenvalue weighted by Gasteiger charge is -2.35. The van der Waals surface area contributed by atoms with Crippen LogP contribution in [0.2, 0.25) is 0 Å². The molecular weight excluding hydrogens is 248 g/mol. The van der Waals surface area contributed by atoms with Crippen LogP contribution >= 0.6 is 12.4 Å². The highest BCUT2D eigenvalue weighted by atomic mass is 35.5. The van der Waals surface area contributed by atoms with Crippen molar-refractivity contribution >= 4 is 18.8 Å². The van der Waals surface area contributed by atoms with Crippen LogP contribution in [0.4, 0.5) is 0 Å². The lowest BCUT2D eigenvalue weighted by atomic mass is 9.86. The van der Waals surface area contributed by atoms with Crippen LogP contribution in [0.25, 0.3) is 0 Å². The summed E-state index contributed by atoms with van der Waals surface area (Å²) in [6, 6.07) is 11.7. The highest BCUT2D eigenvalue weighted by molar-refractivity contribution is 5.85. The first-order chi connectivity index (χ1) is 8.19. The maximum atomic E-state index is 8.58. The second-order valence-electron chi connectivity index (χ2n) is 4.60. The van der Waals surface area contributed by atoms with Crippen LogP contribution < -0.4 is 5.73 Å². The van der Waals surface area contributed by atoms with E-state index in [1.54, 1.807) is 0 Å². The number of likely N-dealkylation sites (tertiary alicyclic amines) is 1. The topological polar surface area (TPSA) is 46.3 Å². The van der Waals surface area contributed by atoms with Crippen LogP contribution in [0.5, 0.6) is 0 Å². The van der Waals surface area contributed by atoms with Crippen molar-refractivity contribution in [3.05, 3.63) is 35.9 Å². The van der Waals surface area contributed by atoms with Gasteiger partial charge in [-0.1, -0.05) is 30.3 Å². The number of primary amides is 1. The molecule has 0 saturated carbocycles. The number of halogens is 1. The van der Waals surface area contributed by atoms with Crippen LogP contribution in [0.3, 0.4) is 0 Å². The summed E-state index contributed by atoms with van der Waals surface area (Å²) in [5.41, 5.74) is 5.69. The first-order valence-electron chi connectivity index (χ1n) is 6.09. The van der Waals surface area contributed by atoms with Gasteiger partial charge in [0.2, 0.25) is 6.41 Å². The molecule has 2 atom stereocenters. The summed E-state index contributed by atoms with van der Waals surface area (Å²) in [6.45, 7) is 3.57. The number of amides is 1. The van der Waals surface area contributed by atoms with Gasteiger partial charge in [-0.15, -0.1) is 12.4 Å². The molecule has 1 saturated heterocycles. The molecule has 1 aliphatic heterocycles. The number of nitrogens with zero attached hydrogens (tertiary/aromatic N) is 1. The van der Waals surface area contributed by atoms with E-state index >= 15 is 0 Å². The number of piperidine rings is 1. The Morgan fingerprint density at radius 3 is 2.39 bits per heavy atom. The summed E-state index contributed by atoms with van der Waals surface area (Å²) < 4.78 is 0. The van der Waals surface area contributed by atoms with E-state index in [1.165, 1.54) is 24.9 Å². The van der Waals surface area contributed by atoms with Gasteiger partial charge in [-0.3, -0.25) is 4.79 Å². The molecule has 0 bridgehead atoms. The first kappa shape index (κ1) is 16.9. The number of hydrogen-bond acceptors (Lipinski definition) is 2. The van der Waals surface area contributed by atoms with Crippen molar-refractivity contribution in [3.63, 3.8) is 0 Å². The van der Waals surface area contributed by atoms with Gasteiger partial charge in [-0.05, 0) is 44.8 Å². The quantitative estimate of drug-likeness (QED) is 0.797. The van der Waals surface area contributed by atoms with E-state index in [0.717, 1.165) is 12.0 Å². The fraction of sp³-hybridized carbons (Fsp3) is 0.500. The summed E-state index contributed by atoms with van der Waals surface area (Å²) in [5.74, 6) is 0.780. The maximum absolute atomic E-state index is 8.58. The summed E-state index contributed by atoms with van der Waals surface area (Å²) in [6.07, 6.45) is 2.87. The molecule has 1 aliphatic rings. The Bertz CT molecular complexity index is 332. The summed E-state index contributed by atoms with van der Waals surface area (Å²) >= 11 is 0. The van der Waals surface area contributed by atoms with Crippen molar-refractivity contribution in [2.45, 2.75) is 31.7 Å². The third kappa shape index (κ3) is 5.07. The Kier molecular flexibility index (Phi) is 8.42. The number of carbonyl (C=O) groups is 1. The smallest absolute Gasteiger partial charge is 0.204 e.